The molecule has 0 heterocycles. The fourth-order valence-electron chi connectivity index (χ4n) is 0.415. The molecule has 0 aromatic rings. The van der Waals surface area contributed by atoms with E-state index in [0.717, 1.165) is 18.0 Å². The van der Waals surface area contributed by atoms with Gasteiger partial charge in [-0.25, -0.2) is 0 Å². The SMILES string of the molecule is CC(=O)SC(=N)CCC=O. The fourth-order valence-corrected chi connectivity index (χ4v) is 0.981. The molecule has 0 fully saturated rings. The maximum Gasteiger partial charge on any atom is 0.191 e. The zero-order valence-electron chi connectivity index (χ0n) is 5.72. The third-order valence-corrected chi connectivity index (χ3v) is 1.49. The molecule has 56 valence electrons. The summed E-state index contributed by atoms with van der Waals surface area (Å²) in [6, 6.07) is 0. The molecule has 0 aliphatic rings. The first-order valence-corrected chi connectivity index (χ1v) is 3.68. The first-order valence-electron chi connectivity index (χ1n) is 2.86. The van der Waals surface area contributed by atoms with Gasteiger partial charge in [0.2, 0.25) is 0 Å². The highest BCUT2D eigenvalue weighted by Crippen LogP contribution is 2.07. The molecular formula is C6H9NO2S. The topological polar surface area (TPSA) is 58.0 Å². The lowest BCUT2D eigenvalue weighted by Gasteiger charge is -1.94. The second kappa shape index (κ2) is 5.17. The van der Waals surface area contributed by atoms with Crippen LogP contribution in [0.25, 0.3) is 0 Å². The van der Waals surface area contributed by atoms with E-state index in [9.17, 15) is 9.59 Å². The van der Waals surface area contributed by atoms with E-state index in [1.54, 1.807) is 0 Å². The smallest absolute Gasteiger partial charge is 0.191 e. The number of thioether (sulfide) groups is 1. The Morgan fingerprint density at radius 3 is 2.70 bits per heavy atom. The molecule has 3 nitrogen and oxygen atoms in total. The Labute approximate surface area is 63.7 Å². The Morgan fingerprint density at radius 1 is 1.70 bits per heavy atom. The average Bonchev–Trinajstić information content (AvgIpc) is 1.82. The van der Waals surface area contributed by atoms with Crippen molar-refractivity contribution in [2.45, 2.75) is 19.8 Å². The molecule has 0 saturated carbocycles. The summed E-state index contributed by atoms with van der Waals surface area (Å²) in [5, 5.41) is 7.27. The Bertz CT molecular complexity index is 156. The van der Waals surface area contributed by atoms with Gasteiger partial charge in [-0.15, -0.1) is 0 Å². The molecule has 0 aromatic carbocycles. The van der Waals surface area contributed by atoms with Gasteiger partial charge in [0.1, 0.15) is 6.29 Å². The van der Waals surface area contributed by atoms with Crippen LogP contribution in [0, 0.1) is 5.41 Å². The van der Waals surface area contributed by atoms with Crippen LogP contribution in [0.15, 0.2) is 0 Å². The van der Waals surface area contributed by atoms with Crippen LogP contribution in [0.5, 0.6) is 0 Å². The molecule has 0 saturated heterocycles. The van der Waals surface area contributed by atoms with Crippen LogP contribution in [0.2, 0.25) is 0 Å². The van der Waals surface area contributed by atoms with E-state index in [1.807, 2.05) is 0 Å². The monoisotopic (exact) mass is 159 g/mol. The Morgan fingerprint density at radius 2 is 2.30 bits per heavy atom. The van der Waals surface area contributed by atoms with Crippen LogP contribution in [0.1, 0.15) is 19.8 Å². The van der Waals surface area contributed by atoms with Crippen LogP contribution in [-0.4, -0.2) is 16.4 Å². The summed E-state index contributed by atoms with van der Waals surface area (Å²) in [5.74, 6) is 0. The molecule has 0 atom stereocenters. The molecular weight excluding hydrogens is 150 g/mol. The van der Waals surface area contributed by atoms with Gasteiger partial charge >= 0.3 is 0 Å². The van der Waals surface area contributed by atoms with Gasteiger partial charge in [-0.05, 0) is 11.8 Å². The highest BCUT2D eigenvalue weighted by Gasteiger charge is 2.00. The molecule has 0 aliphatic carbocycles. The first kappa shape index (κ1) is 9.36. The largest absolute Gasteiger partial charge is 0.303 e. The van der Waals surface area contributed by atoms with Gasteiger partial charge in [-0.1, -0.05) is 0 Å². The molecule has 0 spiro atoms. The summed E-state index contributed by atoms with van der Waals surface area (Å²) in [5.41, 5.74) is 0. The standard InChI is InChI=1S/C6H9NO2S/c1-5(9)10-6(7)3-2-4-8/h4,7H,2-3H2,1H3. The summed E-state index contributed by atoms with van der Waals surface area (Å²) in [6.07, 6.45) is 1.46. The minimum absolute atomic E-state index is 0.101. The third-order valence-electron chi connectivity index (χ3n) is 0.756. The van der Waals surface area contributed by atoms with E-state index in [2.05, 4.69) is 0 Å². The molecule has 0 aromatic heterocycles. The van der Waals surface area contributed by atoms with Crippen molar-refractivity contribution >= 4 is 28.2 Å². The van der Waals surface area contributed by atoms with Crippen LogP contribution in [0.4, 0.5) is 0 Å². The van der Waals surface area contributed by atoms with Gasteiger partial charge in [-0.2, -0.15) is 0 Å². The Hall–Kier alpha value is -0.640. The molecule has 0 radical (unpaired) electrons. The molecule has 0 bridgehead atoms. The molecule has 0 rings (SSSR count). The van der Waals surface area contributed by atoms with E-state index in [-0.39, 0.29) is 10.2 Å². The second-order valence-corrected chi connectivity index (χ2v) is 2.99. The molecule has 0 amide bonds. The second-order valence-electron chi connectivity index (χ2n) is 1.72. The lowest BCUT2D eigenvalue weighted by atomic mass is 10.4. The quantitative estimate of drug-likeness (QED) is 0.382. The summed E-state index contributed by atoms with van der Waals surface area (Å²) >= 11 is 0.880. The highest BCUT2D eigenvalue weighted by atomic mass is 32.2. The third kappa shape index (κ3) is 5.50. The Balaban J connectivity index is 3.43. The summed E-state index contributed by atoms with van der Waals surface area (Å²) in [6.45, 7) is 1.40. The molecule has 0 aliphatic heterocycles. The predicted octanol–water partition coefficient (Wildman–Crippen LogP) is 1.22. The minimum Gasteiger partial charge on any atom is -0.303 e. The Kier molecular flexibility index (Phi) is 4.84. The van der Waals surface area contributed by atoms with Crippen molar-refractivity contribution < 1.29 is 9.59 Å². The number of aldehydes is 1. The van der Waals surface area contributed by atoms with Crippen molar-refractivity contribution in [1.29, 1.82) is 5.41 Å². The van der Waals surface area contributed by atoms with Crippen LogP contribution >= 0.6 is 11.8 Å². The fraction of sp³-hybridized carbons (Fsp3) is 0.500. The maximum absolute atomic E-state index is 10.4. The number of nitrogens with one attached hydrogen (secondary N) is 1. The van der Waals surface area contributed by atoms with E-state index in [1.165, 1.54) is 6.92 Å². The first-order chi connectivity index (χ1) is 4.66. The number of carbonyl (C=O) groups is 2. The van der Waals surface area contributed by atoms with E-state index in [4.69, 9.17) is 5.41 Å². The normalized spacial score (nSPS) is 8.90. The van der Waals surface area contributed by atoms with Gasteiger partial charge < -0.3 is 4.79 Å². The average molecular weight is 159 g/mol. The van der Waals surface area contributed by atoms with Crippen LogP contribution in [0.3, 0.4) is 0 Å². The van der Waals surface area contributed by atoms with Crippen molar-refractivity contribution in [3.05, 3.63) is 0 Å². The zero-order chi connectivity index (χ0) is 7.98. The molecule has 4 heteroatoms. The summed E-state index contributed by atoms with van der Waals surface area (Å²) in [7, 11) is 0. The highest BCUT2D eigenvalue weighted by molar-refractivity contribution is 8.26. The van der Waals surface area contributed by atoms with Gasteiger partial charge in [0, 0.05) is 19.8 Å². The molecule has 10 heavy (non-hydrogen) atoms. The number of carbonyl (C=O) groups excluding carboxylic acids is 2. The van der Waals surface area contributed by atoms with E-state index < -0.39 is 0 Å². The van der Waals surface area contributed by atoms with Gasteiger partial charge in [0.25, 0.3) is 0 Å². The number of hydrogen-bond acceptors (Lipinski definition) is 4. The van der Waals surface area contributed by atoms with Crippen LogP contribution < -0.4 is 0 Å². The summed E-state index contributed by atoms with van der Waals surface area (Å²) in [4.78, 5) is 20.2. The number of rotatable bonds is 3. The van der Waals surface area contributed by atoms with Crippen molar-refractivity contribution in [2.75, 3.05) is 0 Å². The predicted molar refractivity (Wildman–Crippen MR) is 41.3 cm³/mol. The van der Waals surface area contributed by atoms with E-state index >= 15 is 0 Å². The maximum atomic E-state index is 10.4. The van der Waals surface area contributed by atoms with Gasteiger partial charge in [-0.3, -0.25) is 10.2 Å². The van der Waals surface area contributed by atoms with Gasteiger partial charge in [0.15, 0.2) is 5.12 Å². The molecule has 0 unspecified atom stereocenters. The lowest BCUT2D eigenvalue weighted by Crippen LogP contribution is -1.94. The van der Waals surface area contributed by atoms with Crippen molar-refractivity contribution in [3.63, 3.8) is 0 Å². The minimum atomic E-state index is -0.101. The van der Waals surface area contributed by atoms with Crippen LogP contribution in [-0.2, 0) is 9.59 Å². The summed E-state index contributed by atoms with van der Waals surface area (Å²) < 4.78 is 0. The zero-order valence-corrected chi connectivity index (χ0v) is 6.53. The van der Waals surface area contributed by atoms with Crippen molar-refractivity contribution in [2.24, 2.45) is 0 Å². The van der Waals surface area contributed by atoms with E-state index in [0.29, 0.717) is 12.8 Å². The van der Waals surface area contributed by atoms with Crippen molar-refractivity contribution in [3.8, 4) is 0 Å². The molecule has 1 N–H and O–H groups in total. The number of hydrogen-bond donors (Lipinski definition) is 1. The van der Waals surface area contributed by atoms with Gasteiger partial charge in [0.05, 0.1) is 5.04 Å². The van der Waals surface area contributed by atoms with Crippen molar-refractivity contribution in [1.82, 2.24) is 0 Å². The lowest BCUT2D eigenvalue weighted by molar-refractivity contribution is -0.109.